The maximum atomic E-state index is 13.1. The molecule has 1 atom stereocenters. The fourth-order valence-corrected chi connectivity index (χ4v) is 6.01. The van der Waals surface area contributed by atoms with Crippen LogP contribution >= 0.6 is 0 Å². The molecule has 0 radical (unpaired) electrons. The van der Waals surface area contributed by atoms with Crippen LogP contribution in [-0.4, -0.2) is 88.0 Å². The van der Waals surface area contributed by atoms with E-state index in [-0.39, 0.29) is 17.4 Å². The van der Waals surface area contributed by atoms with Crippen LogP contribution in [0.25, 0.3) is 0 Å². The molecule has 2 heterocycles. The molecule has 0 bridgehead atoms. The van der Waals surface area contributed by atoms with Gasteiger partial charge >= 0.3 is 0 Å². The third-order valence-corrected chi connectivity index (χ3v) is 8.41. The number of hydrogen-bond donors (Lipinski definition) is 1. The van der Waals surface area contributed by atoms with Crippen molar-refractivity contribution in [3.8, 4) is 0 Å². The Labute approximate surface area is 203 Å². The van der Waals surface area contributed by atoms with Gasteiger partial charge in [0.2, 0.25) is 5.91 Å². The number of hydrogen-bond acceptors (Lipinski definition) is 6. The molecule has 34 heavy (non-hydrogen) atoms. The van der Waals surface area contributed by atoms with Crippen LogP contribution in [0.5, 0.6) is 0 Å². The summed E-state index contributed by atoms with van der Waals surface area (Å²) >= 11 is 0. The van der Waals surface area contributed by atoms with E-state index in [9.17, 15) is 13.2 Å². The number of nitrogens with one attached hydrogen (secondary N) is 1. The molecule has 0 saturated carbocycles. The van der Waals surface area contributed by atoms with Crippen LogP contribution in [0.4, 0.5) is 5.69 Å². The average molecular weight is 485 g/mol. The number of amides is 1. The number of sulfone groups is 1. The molecule has 2 aliphatic rings. The zero-order chi connectivity index (χ0) is 23.8. The highest BCUT2D eigenvalue weighted by Crippen LogP contribution is 2.23. The first kappa shape index (κ1) is 24.7. The number of unbranched alkanes of at least 4 members (excludes halogenated alkanes) is 1. The molecule has 1 N–H and O–H groups in total. The molecule has 2 saturated heterocycles. The summed E-state index contributed by atoms with van der Waals surface area (Å²) in [5.41, 5.74) is 2.21. The number of carbonyl (C=O) groups excluding carboxylic acids is 1. The van der Waals surface area contributed by atoms with Gasteiger partial charge in [0.15, 0.2) is 9.84 Å². The standard InChI is InChI=1S/C26H36N4O3S/c31-26(25(23-9-3-1-4-10-23)30-19-21-34(32,33)22-20-30)27-13-7-8-14-28-15-17-29(18-16-28)24-11-5-2-6-12-24/h1-6,9-12,25H,7-8,13-22H2,(H,27,31). The fourth-order valence-electron chi connectivity index (χ4n) is 4.79. The highest BCUT2D eigenvalue weighted by molar-refractivity contribution is 7.91. The molecule has 4 rings (SSSR count). The molecule has 0 spiro atoms. The van der Waals surface area contributed by atoms with Crippen molar-refractivity contribution in [1.29, 1.82) is 0 Å². The summed E-state index contributed by atoms with van der Waals surface area (Å²) in [6.45, 7) is 6.69. The monoisotopic (exact) mass is 484 g/mol. The smallest absolute Gasteiger partial charge is 0.241 e. The first-order valence-corrected chi connectivity index (χ1v) is 14.1. The highest BCUT2D eigenvalue weighted by Gasteiger charge is 2.32. The second-order valence-electron chi connectivity index (χ2n) is 9.16. The Morgan fingerprint density at radius 2 is 1.44 bits per heavy atom. The fraction of sp³-hybridized carbons (Fsp3) is 0.500. The summed E-state index contributed by atoms with van der Waals surface area (Å²) < 4.78 is 23.7. The number of para-hydroxylation sites is 1. The lowest BCUT2D eigenvalue weighted by Crippen LogP contribution is -2.48. The van der Waals surface area contributed by atoms with Crippen molar-refractivity contribution in [3.63, 3.8) is 0 Å². The molecule has 2 fully saturated rings. The SMILES string of the molecule is O=C(NCCCCN1CCN(c2ccccc2)CC1)C(c1ccccc1)N1CCS(=O)(=O)CC1. The van der Waals surface area contributed by atoms with Crippen LogP contribution in [0.1, 0.15) is 24.4 Å². The number of benzene rings is 2. The summed E-state index contributed by atoms with van der Waals surface area (Å²) in [6.07, 6.45) is 1.98. The number of anilines is 1. The van der Waals surface area contributed by atoms with E-state index in [1.807, 2.05) is 35.2 Å². The lowest BCUT2D eigenvalue weighted by molar-refractivity contribution is -0.126. The van der Waals surface area contributed by atoms with E-state index in [1.54, 1.807) is 0 Å². The van der Waals surface area contributed by atoms with Crippen molar-refractivity contribution in [3.05, 3.63) is 66.2 Å². The Bertz CT molecular complexity index is 995. The van der Waals surface area contributed by atoms with E-state index in [0.717, 1.165) is 51.1 Å². The number of rotatable bonds is 9. The van der Waals surface area contributed by atoms with Crippen molar-refractivity contribution in [2.45, 2.75) is 18.9 Å². The molecule has 7 nitrogen and oxygen atoms in total. The number of carbonyl (C=O) groups is 1. The van der Waals surface area contributed by atoms with Gasteiger partial charge in [-0.2, -0.15) is 0 Å². The van der Waals surface area contributed by atoms with Gasteiger partial charge < -0.3 is 10.2 Å². The van der Waals surface area contributed by atoms with E-state index in [2.05, 4.69) is 45.4 Å². The Balaban J connectivity index is 1.20. The van der Waals surface area contributed by atoms with E-state index in [0.29, 0.717) is 19.6 Å². The summed E-state index contributed by atoms with van der Waals surface area (Å²) in [7, 11) is -2.99. The zero-order valence-corrected chi connectivity index (χ0v) is 20.6. The Kier molecular flexibility index (Phi) is 8.59. The van der Waals surface area contributed by atoms with Crippen LogP contribution in [0.3, 0.4) is 0 Å². The minimum atomic E-state index is -2.99. The van der Waals surface area contributed by atoms with Crippen LogP contribution < -0.4 is 10.2 Å². The Morgan fingerprint density at radius 1 is 0.824 bits per heavy atom. The summed E-state index contributed by atoms with van der Waals surface area (Å²) in [4.78, 5) is 20.1. The van der Waals surface area contributed by atoms with Gasteiger partial charge in [-0.15, -0.1) is 0 Å². The normalized spacial score (nSPS) is 20.1. The maximum Gasteiger partial charge on any atom is 0.241 e. The minimum absolute atomic E-state index is 0.0398. The predicted octanol–water partition coefficient (Wildman–Crippen LogP) is 2.18. The van der Waals surface area contributed by atoms with Gasteiger partial charge in [-0.1, -0.05) is 48.5 Å². The van der Waals surface area contributed by atoms with E-state index in [4.69, 9.17) is 0 Å². The van der Waals surface area contributed by atoms with Crippen molar-refractivity contribution in [1.82, 2.24) is 15.1 Å². The van der Waals surface area contributed by atoms with Crippen molar-refractivity contribution in [2.75, 3.05) is 68.8 Å². The number of piperazine rings is 1. The number of nitrogens with zero attached hydrogens (tertiary/aromatic N) is 3. The third-order valence-electron chi connectivity index (χ3n) is 6.80. The lowest BCUT2D eigenvalue weighted by Gasteiger charge is -2.36. The van der Waals surface area contributed by atoms with Gasteiger partial charge in [-0.05, 0) is 37.1 Å². The topological polar surface area (TPSA) is 73.0 Å². The van der Waals surface area contributed by atoms with E-state index < -0.39 is 15.9 Å². The summed E-state index contributed by atoms with van der Waals surface area (Å²) in [5, 5.41) is 3.11. The third kappa shape index (κ3) is 6.81. The minimum Gasteiger partial charge on any atom is -0.369 e. The van der Waals surface area contributed by atoms with Gasteiger partial charge in [0.25, 0.3) is 0 Å². The molecule has 2 aromatic carbocycles. The van der Waals surface area contributed by atoms with Crippen molar-refractivity contribution < 1.29 is 13.2 Å². The van der Waals surface area contributed by atoms with Gasteiger partial charge in [-0.3, -0.25) is 14.6 Å². The van der Waals surface area contributed by atoms with Gasteiger partial charge in [0.05, 0.1) is 11.5 Å². The molecule has 2 aliphatic heterocycles. The Morgan fingerprint density at radius 3 is 2.09 bits per heavy atom. The molecule has 2 aromatic rings. The summed E-state index contributed by atoms with van der Waals surface area (Å²) in [6, 6.07) is 19.8. The molecular weight excluding hydrogens is 448 g/mol. The molecular formula is C26H36N4O3S. The molecule has 0 aromatic heterocycles. The second kappa shape index (κ2) is 11.8. The van der Waals surface area contributed by atoms with Crippen LogP contribution in [0.2, 0.25) is 0 Å². The molecule has 0 aliphatic carbocycles. The molecule has 1 unspecified atom stereocenters. The van der Waals surface area contributed by atoms with Crippen molar-refractivity contribution in [2.24, 2.45) is 0 Å². The predicted molar refractivity (Wildman–Crippen MR) is 137 cm³/mol. The summed E-state index contributed by atoms with van der Waals surface area (Å²) in [5.74, 6) is 0.185. The average Bonchev–Trinajstić information content (AvgIpc) is 2.86. The maximum absolute atomic E-state index is 13.1. The molecule has 1 amide bonds. The zero-order valence-electron chi connectivity index (χ0n) is 19.8. The van der Waals surface area contributed by atoms with E-state index >= 15 is 0 Å². The van der Waals surface area contributed by atoms with E-state index in [1.165, 1.54) is 5.69 Å². The molecule has 8 heteroatoms. The largest absolute Gasteiger partial charge is 0.369 e. The van der Waals surface area contributed by atoms with Gasteiger partial charge in [0, 0.05) is 51.5 Å². The lowest BCUT2D eigenvalue weighted by atomic mass is 10.0. The highest BCUT2D eigenvalue weighted by atomic mass is 32.2. The van der Waals surface area contributed by atoms with Gasteiger partial charge in [-0.25, -0.2) is 8.42 Å². The van der Waals surface area contributed by atoms with Crippen LogP contribution in [0.15, 0.2) is 60.7 Å². The second-order valence-corrected chi connectivity index (χ2v) is 11.5. The van der Waals surface area contributed by atoms with Gasteiger partial charge in [0.1, 0.15) is 6.04 Å². The quantitative estimate of drug-likeness (QED) is 0.550. The molecule has 184 valence electrons. The Hall–Kier alpha value is -2.42. The first-order chi connectivity index (χ1) is 16.5. The van der Waals surface area contributed by atoms with Crippen LogP contribution in [0, 0.1) is 0 Å². The van der Waals surface area contributed by atoms with Crippen molar-refractivity contribution >= 4 is 21.4 Å². The first-order valence-electron chi connectivity index (χ1n) is 12.3. The van der Waals surface area contributed by atoms with Crippen LogP contribution in [-0.2, 0) is 14.6 Å².